The first kappa shape index (κ1) is 11.9. The maximum Gasteiger partial charge on any atom is 0.355 e. The summed E-state index contributed by atoms with van der Waals surface area (Å²) in [5.41, 5.74) is 0. The number of hydrogen-bond acceptors (Lipinski definition) is 0. The Kier molecular flexibility index (Phi) is 3.24. The molecule has 0 unspecified atom stereocenters. The zero-order chi connectivity index (χ0) is 9.50. The maximum absolute atomic E-state index is 12.3. The third-order valence-corrected chi connectivity index (χ3v) is 2.74. The second kappa shape index (κ2) is 2.99. The van der Waals surface area contributed by atoms with Gasteiger partial charge in [0.15, 0.2) is 0 Å². The Hall–Kier alpha value is 0.900. The molecule has 0 saturated heterocycles. The minimum absolute atomic E-state index is 1.39. The molecule has 0 atom stereocenters. The van der Waals surface area contributed by atoms with Crippen LogP contribution in [-0.4, -0.2) is 14.8 Å². The van der Waals surface area contributed by atoms with Crippen molar-refractivity contribution in [2.24, 2.45) is 0 Å². The van der Waals surface area contributed by atoms with Crippen LogP contribution in [0.4, 0.5) is 22.0 Å². The highest BCUT2D eigenvalue weighted by atomic mass is 79.9. The Bertz CT molecular complexity index is 131. The lowest BCUT2D eigenvalue weighted by Crippen LogP contribution is -2.46. The summed E-state index contributed by atoms with van der Waals surface area (Å²) in [6, 6.07) is 0. The molecule has 0 aliphatic rings. The van der Waals surface area contributed by atoms with E-state index in [0.717, 1.165) is 0 Å². The van der Waals surface area contributed by atoms with Gasteiger partial charge in [0.25, 0.3) is 0 Å². The van der Waals surface area contributed by atoms with E-state index in [1.165, 1.54) is 31.9 Å². The van der Waals surface area contributed by atoms with Gasteiger partial charge in [-0.3, -0.25) is 0 Å². The summed E-state index contributed by atoms with van der Waals surface area (Å²) in [5, 5.41) is -4.49. The second-order valence-corrected chi connectivity index (χ2v) is 4.08. The summed E-state index contributed by atoms with van der Waals surface area (Å²) in [6.45, 7) is 0. The summed E-state index contributed by atoms with van der Waals surface area (Å²) in [7, 11) is 0. The van der Waals surface area contributed by atoms with Crippen molar-refractivity contribution >= 4 is 43.5 Å². The van der Waals surface area contributed by atoms with E-state index >= 15 is 0 Å². The predicted molar refractivity (Wildman–Crippen MR) is 37.4 cm³/mol. The molecule has 11 heavy (non-hydrogen) atoms. The molecule has 8 heteroatoms. The molecule has 68 valence electrons. The molecule has 0 rings (SSSR count). The fraction of sp³-hybridized carbons (Fsp3) is 1.00. The summed E-state index contributed by atoms with van der Waals surface area (Å²) in [6.07, 6.45) is 0. The van der Waals surface area contributed by atoms with Crippen LogP contribution in [0.1, 0.15) is 0 Å². The molecule has 0 aromatic rings. The molecule has 0 fully saturated rings. The van der Waals surface area contributed by atoms with Crippen LogP contribution in [0.2, 0.25) is 0 Å². The van der Waals surface area contributed by atoms with Crippen LogP contribution in [0, 0.1) is 0 Å². The molecule has 0 nitrogen and oxygen atoms in total. The average molecular weight is 326 g/mol. The minimum atomic E-state index is -4.51. The van der Waals surface area contributed by atoms with E-state index in [-0.39, 0.29) is 0 Å². The average Bonchev–Trinajstić information content (AvgIpc) is 1.58. The monoisotopic (exact) mass is 324 g/mol. The first-order chi connectivity index (χ1) is 4.50. The lowest BCUT2D eigenvalue weighted by Gasteiger charge is -2.26. The molecular weight excluding hydrogens is 326 g/mol. The van der Waals surface area contributed by atoms with Gasteiger partial charge in [0.1, 0.15) is 0 Å². The van der Waals surface area contributed by atoms with Gasteiger partial charge in [0.05, 0.1) is 0 Å². The number of rotatable bonds is 2. The van der Waals surface area contributed by atoms with Gasteiger partial charge in [-0.2, -0.15) is 17.6 Å². The quantitative estimate of drug-likeness (QED) is 0.534. The lowest BCUT2D eigenvalue weighted by molar-refractivity contribution is -0.106. The summed E-state index contributed by atoms with van der Waals surface area (Å²) in [4.78, 5) is -9.01. The van der Waals surface area contributed by atoms with Crippen molar-refractivity contribution in [2.75, 3.05) is 0 Å². The maximum atomic E-state index is 12.3. The molecule has 0 aliphatic heterocycles. The van der Waals surface area contributed by atoms with Crippen molar-refractivity contribution in [3.05, 3.63) is 0 Å². The van der Waals surface area contributed by atoms with E-state index in [2.05, 4.69) is 11.6 Å². The molecule has 0 aliphatic carbocycles. The fourth-order valence-electron chi connectivity index (χ4n) is 0.161. The third kappa shape index (κ3) is 2.42. The van der Waals surface area contributed by atoms with Gasteiger partial charge in [-0.05, 0) is 31.9 Å². The van der Waals surface area contributed by atoms with Crippen LogP contribution in [0.5, 0.6) is 0 Å². The Morgan fingerprint density at radius 2 is 1.00 bits per heavy atom. The number of hydrogen-bond donors (Lipinski definition) is 0. The fourth-order valence-corrected chi connectivity index (χ4v) is 0.925. The Morgan fingerprint density at radius 3 is 1.00 bits per heavy atom. The van der Waals surface area contributed by atoms with Crippen molar-refractivity contribution < 1.29 is 22.0 Å². The van der Waals surface area contributed by atoms with Crippen molar-refractivity contribution in [1.82, 2.24) is 0 Å². The number of halogens is 8. The standard InChI is InChI=1S/C3Br2ClF5/c4-2(8,9)1(6,7)3(5,10)11. The van der Waals surface area contributed by atoms with Gasteiger partial charge < -0.3 is 0 Å². The first-order valence-electron chi connectivity index (χ1n) is 2.01. The molecule has 0 radical (unpaired) electrons. The third-order valence-electron chi connectivity index (χ3n) is 0.712. The van der Waals surface area contributed by atoms with E-state index in [1.54, 1.807) is 0 Å². The molecule has 0 heterocycles. The molecule has 0 N–H and O–H groups in total. The number of alkyl halides is 8. The molecule has 0 aromatic carbocycles. The van der Waals surface area contributed by atoms with Crippen molar-refractivity contribution in [1.29, 1.82) is 0 Å². The van der Waals surface area contributed by atoms with E-state index in [9.17, 15) is 22.0 Å². The SMILES string of the molecule is FC(F)(Br)C(F)(Cl)C(F)(F)Br. The Balaban J connectivity index is 4.75. The van der Waals surface area contributed by atoms with Gasteiger partial charge in [0, 0.05) is 0 Å². The summed E-state index contributed by atoms with van der Waals surface area (Å²) in [5.74, 6) is 0. The predicted octanol–water partition coefficient (Wildman–Crippen LogP) is 3.87. The van der Waals surface area contributed by atoms with Gasteiger partial charge in [-0.15, -0.1) is 0 Å². The summed E-state index contributed by atoms with van der Waals surface area (Å²) < 4.78 is 59.9. The van der Waals surface area contributed by atoms with E-state index in [1.807, 2.05) is 0 Å². The molecule has 0 bridgehead atoms. The normalized spacial score (nSPS) is 15.3. The highest BCUT2D eigenvalue weighted by molar-refractivity contribution is 9.10. The Morgan fingerprint density at radius 1 is 0.818 bits per heavy atom. The van der Waals surface area contributed by atoms with E-state index in [0.29, 0.717) is 0 Å². The van der Waals surface area contributed by atoms with Gasteiger partial charge >= 0.3 is 14.8 Å². The summed E-state index contributed by atoms with van der Waals surface area (Å²) >= 11 is 7.00. The van der Waals surface area contributed by atoms with E-state index in [4.69, 9.17) is 0 Å². The van der Waals surface area contributed by atoms with Crippen molar-refractivity contribution in [2.45, 2.75) is 14.8 Å². The molecular formula is C3Br2ClF5. The molecule has 0 aromatic heterocycles. The molecule has 0 amide bonds. The molecule has 0 saturated carbocycles. The van der Waals surface area contributed by atoms with Gasteiger partial charge in [0.2, 0.25) is 0 Å². The largest absolute Gasteiger partial charge is 0.355 e. The minimum Gasteiger partial charge on any atom is -0.210 e. The highest BCUT2D eigenvalue weighted by Gasteiger charge is 2.67. The highest BCUT2D eigenvalue weighted by Crippen LogP contribution is 2.53. The van der Waals surface area contributed by atoms with Crippen LogP contribution in [0.3, 0.4) is 0 Å². The zero-order valence-corrected chi connectivity index (χ0v) is 8.45. The first-order valence-corrected chi connectivity index (χ1v) is 3.98. The van der Waals surface area contributed by atoms with Gasteiger partial charge in [-0.1, -0.05) is 11.6 Å². The zero-order valence-electron chi connectivity index (χ0n) is 4.52. The van der Waals surface area contributed by atoms with Crippen LogP contribution in [0.15, 0.2) is 0 Å². The Labute approximate surface area is 80.3 Å². The van der Waals surface area contributed by atoms with Crippen LogP contribution < -0.4 is 0 Å². The second-order valence-electron chi connectivity index (χ2n) is 1.57. The molecule has 0 spiro atoms. The van der Waals surface area contributed by atoms with Crippen molar-refractivity contribution in [3.8, 4) is 0 Å². The van der Waals surface area contributed by atoms with Crippen LogP contribution in [-0.2, 0) is 0 Å². The van der Waals surface area contributed by atoms with Crippen LogP contribution in [0.25, 0.3) is 0 Å². The smallest absolute Gasteiger partial charge is 0.210 e. The van der Waals surface area contributed by atoms with E-state index < -0.39 is 14.8 Å². The lowest BCUT2D eigenvalue weighted by atomic mass is 10.4. The van der Waals surface area contributed by atoms with Crippen LogP contribution >= 0.6 is 43.5 Å². The topological polar surface area (TPSA) is 0 Å². The van der Waals surface area contributed by atoms with Gasteiger partial charge in [-0.25, -0.2) is 4.39 Å². The van der Waals surface area contributed by atoms with Crippen molar-refractivity contribution in [3.63, 3.8) is 0 Å².